The van der Waals surface area contributed by atoms with E-state index >= 15 is 0 Å². The number of aliphatic hydroxyl groups excluding tert-OH is 1. The minimum atomic E-state index is -0.934. The van der Waals surface area contributed by atoms with Crippen molar-refractivity contribution in [2.24, 2.45) is 0 Å². The van der Waals surface area contributed by atoms with Gasteiger partial charge < -0.3 is 15.7 Å². The molecule has 2 aromatic rings. The zero-order valence-corrected chi connectivity index (χ0v) is 23.7. The third-order valence-corrected chi connectivity index (χ3v) is 7.08. The minimum absolute atomic E-state index is 0.0207. The van der Waals surface area contributed by atoms with E-state index in [0.29, 0.717) is 5.56 Å². The van der Waals surface area contributed by atoms with Crippen LogP contribution in [0.4, 0.5) is 8.78 Å². The molecule has 0 spiro atoms. The SMILES string of the molecule is CC.CC(=O)N[C@@H](Cc1cc(F)cc(F)c1)[C@H](O)CNC1(c2cc(C)cc(C(C)(C)C)c2)CCCCC1. The van der Waals surface area contributed by atoms with Crippen molar-refractivity contribution in [2.75, 3.05) is 6.54 Å². The molecule has 1 fully saturated rings. The summed E-state index contributed by atoms with van der Waals surface area (Å²) in [6.07, 6.45) is 4.50. The molecule has 37 heavy (non-hydrogen) atoms. The van der Waals surface area contributed by atoms with Crippen LogP contribution in [0.15, 0.2) is 36.4 Å². The number of carbonyl (C=O) groups is 1. The molecule has 2 atom stereocenters. The maximum Gasteiger partial charge on any atom is 0.217 e. The Balaban J connectivity index is 0.00000235. The van der Waals surface area contributed by atoms with Crippen LogP contribution >= 0.6 is 0 Å². The molecule has 3 N–H and O–H groups in total. The van der Waals surface area contributed by atoms with E-state index < -0.39 is 23.8 Å². The van der Waals surface area contributed by atoms with Gasteiger partial charge >= 0.3 is 0 Å². The highest BCUT2D eigenvalue weighted by Gasteiger charge is 2.35. The summed E-state index contributed by atoms with van der Waals surface area (Å²) in [7, 11) is 0. The summed E-state index contributed by atoms with van der Waals surface area (Å²) < 4.78 is 27.4. The molecule has 2 aromatic carbocycles. The van der Waals surface area contributed by atoms with Gasteiger partial charge in [0.05, 0.1) is 12.1 Å². The fraction of sp³-hybridized carbons (Fsp3) is 0.581. The van der Waals surface area contributed by atoms with Gasteiger partial charge in [-0.2, -0.15) is 0 Å². The molecule has 3 rings (SSSR count). The number of aryl methyl sites for hydroxylation is 1. The van der Waals surface area contributed by atoms with Crippen LogP contribution in [0.5, 0.6) is 0 Å². The topological polar surface area (TPSA) is 61.4 Å². The first kappa shape index (κ1) is 30.9. The zero-order chi connectivity index (χ0) is 27.8. The van der Waals surface area contributed by atoms with Crippen molar-refractivity contribution >= 4 is 5.91 Å². The number of amides is 1. The van der Waals surface area contributed by atoms with Crippen molar-refractivity contribution in [3.05, 3.63) is 70.3 Å². The number of hydrogen-bond acceptors (Lipinski definition) is 3. The summed E-state index contributed by atoms with van der Waals surface area (Å²) >= 11 is 0. The second-order valence-corrected chi connectivity index (χ2v) is 11.2. The summed E-state index contributed by atoms with van der Waals surface area (Å²) in [6.45, 7) is 14.4. The smallest absolute Gasteiger partial charge is 0.217 e. The first-order chi connectivity index (χ1) is 17.4. The normalized spacial score (nSPS) is 16.8. The van der Waals surface area contributed by atoms with Crippen LogP contribution in [-0.2, 0) is 22.2 Å². The van der Waals surface area contributed by atoms with Crippen molar-refractivity contribution in [3.63, 3.8) is 0 Å². The molecule has 1 aliphatic rings. The van der Waals surface area contributed by atoms with Crippen LogP contribution in [0.2, 0.25) is 0 Å². The first-order valence-electron chi connectivity index (χ1n) is 13.7. The molecule has 0 heterocycles. The second-order valence-electron chi connectivity index (χ2n) is 11.2. The molecule has 0 unspecified atom stereocenters. The molecule has 206 valence electrons. The number of rotatable bonds is 8. The molecule has 1 saturated carbocycles. The van der Waals surface area contributed by atoms with Crippen molar-refractivity contribution in [2.45, 2.75) is 110 Å². The lowest BCUT2D eigenvalue weighted by Gasteiger charge is -2.41. The van der Waals surface area contributed by atoms with Crippen LogP contribution in [0.25, 0.3) is 0 Å². The number of hydrogen-bond donors (Lipinski definition) is 3. The Morgan fingerprint density at radius 2 is 1.59 bits per heavy atom. The van der Waals surface area contributed by atoms with E-state index in [-0.39, 0.29) is 29.8 Å². The third kappa shape index (κ3) is 8.89. The van der Waals surface area contributed by atoms with Crippen LogP contribution in [-0.4, -0.2) is 29.7 Å². The van der Waals surface area contributed by atoms with Gasteiger partial charge in [0.15, 0.2) is 0 Å². The maximum atomic E-state index is 13.7. The average Bonchev–Trinajstić information content (AvgIpc) is 2.82. The van der Waals surface area contributed by atoms with Gasteiger partial charge in [-0.25, -0.2) is 8.78 Å². The molecule has 1 aliphatic carbocycles. The Labute approximate surface area is 222 Å². The van der Waals surface area contributed by atoms with Crippen molar-refractivity contribution < 1.29 is 18.7 Å². The Morgan fingerprint density at radius 1 is 1.00 bits per heavy atom. The van der Waals surface area contributed by atoms with Gasteiger partial charge in [-0.15, -0.1) is 0 Å². The van der Waals surface area contributed by atoms with Gasteiger partial charge in [0.1, 0.15) is 11.6 Å². The van der Waals surface area contributed by atoms with E-state index in [1.807, 2.05) is 13.8 Å². The second kappa shape index (κ2) is 13.5. The fourth-order valence-electron chi connectivity index (χ4n) is 5.18. The number of aliphatic hydroxyl groups is 1. The molecular formula is C31H46F2N2O2. The number of carbonyl (C=O) groups excluding carboxylic acids is 1. The van der Waals surface area contributed by atoms with Crippen molar-refractivity contribution in [3.8, 4) is 0 Å². The molecule has 1 amide bonds. The monoisotopic (exact) mass is 516 g/mol. The van der Waals surface area contributed by atoms with Gasteiger partial charge in [-0.3, -0.25) is 4.79 Å². The van der Waals surface area contributed by atoms with E-state index in [2.05, 4.69) is 56.5 Å². The predicted octanol–water partition coefficient (Wildman–Crippen LogP) is 6.45. The van der Waals surface area contributed by atoms with Crippen molar-refractivity contribution in [1.82, 2.24) is 10.6 Å². The largest absolute Gasteiger partial charge is 0.390 e. The van der Waals surface area contributed by atoms with Crippen LogP contribution in [0.3, 0.4) is 0 Å². The molecule has 0 saturated heterocycles. The molecule has 4 nitrogen and oxygen atoms in total. The van der Waals surface area contributed by atoms with E-state index in [1.165, 1.54) is 42.2 Å². The number of halogens is 2. The lowest BCUT2D eigenvalue weighted by molar-refractivity contribution is -0.120. The minimum Gasteiger partial charge on any atom is -0.390 e. The number of nitrogens with one attached hydrogen (secondary N) is 2. The quantitative estimate of drug-likeness (QED) is 0.378. The fourth-order valence-corrected chi connectivity index (χ4v) is 5.18. The van der Waals surface area contributed by atoms with Gasteiger partial charge in [-0.05, 0) is 60.4 Å². The first-order valence-corrected chi connectivity index (χ1v) is 13.7. The standard InChI is InChI=1S/C29H40F2N2O2.C2H6/c1-19-11-22(28(3,4)5)16-23(12-19)29(9-7-6-8-10-29)32-18-27(35)26(33-20(2)34)15-21-13-24(30)17-25(31)14-21;1-2/h11-14,16-17,26-27,32,35H,6-10,15,18H2,1-5H3,(H,33,34);1-2H3/t26-,27+;/m0./s1. The predicted molar refractivity (Wildman–Crippen MR) is 148 cm³/mol. The van der Waals surface area contributed by atoms with Gasteiger partial charge in [0.25, 0.3) is 0 Å². The Bertz CT molecular complexity index is 1010. The highest BCUT2D eigenvalue weighted by atomic mass is 19.1. The highest BCUT2D eigenvalue weighted by Crippen LogP contribution is 2.39. The zero-order valence-electron chi connectivity index (χ0n) is 23.7. The summed E-state index contributed by atoms with van der Waals surface area (Å²) in [4.78, 5) is 11.9. The molecular weight excluding hydrogens is 470 g/mol. The highest BCUT2D eigenvalue weighted by molar-refractivity contribution is 5.73. The van der Waals surface area contributed by atoms with Gasteiger partial charge in [-0.1, -0.05) is 77.6 Å². The Hall–Kier alpha value is -2.31. The molecule has 0 aliphatic heterocycles. The molecule has 0 aromatic heterocycles. The average molecular weight is 517 g/mol. The third-order valence-electron chi connectivity index (χ3n) is 7.08. The Morgan fingerprint density at radius 3 is 2.14 bits per heavy atom. The number of benzene rings is 2. The summed E-state index contributed by atoms with van der Waals surface area (Å²) in [5, 5.41) is 17.6. The van der Waals surface area contributed by atoms with Gasteiger partial charge in [0, 0.05) is 25.1 Å². The summed E-state index contributed by atoms with van der Waals surface area (Å²) in [6, 6.07) is 9.38. The maximum absolute atomic E-state index is 13.7. The van der Waals surface area contributed by atoms with Crippen molar-refractivity contribution in [1.29, 1.82) is 0 Å². The van der Waals surface area contributed by atoms with E-state index in [0.717, 1.165) is 31.7 Å². The lowest BCUT2D eigenvalue weighted by Crippen LogP contribution is -2.53. The van der Waals surface area contributed by atoms with E-state index in [4.69, 9.17) is 0 Å². The van der Waals surface area contributed by atoms with Gasteiger partial charge in [0.2, 0.25) is 5.91 Å². The summed E-state index contributed by atoms with van der Waals surface area (Å²) in [5.74, 6) is -1.65. The summed E-state index contributed by atoms with van der Waals surface area (Å²) in [5.41, 5.74) is 3.87. The molecule has 6 heteroatoms. The van der Waals surface area contributed by atoms with Crippen LogP contribution < -0.4 is 10.6 Å². The molecule has 0 bridgehead atoms. The van der Waals surface area contributed by atoms with E-state index in [9.17, 15) is 18.7 Å². The van der Waals surface area contributed by atoms with Crippen LogP contribution in [0, 0.1) is 18.6 Å². The Kier molecular flexibility index (Phi) is 11.3. The molecule has 0 radical (unpaired) electrons. The van der Waals surface area contributed by atoms with Crippen LogP contribution in [0.1, 0.15) is 95.9 Å². The van der Waals surface area contributed by atoms with E-state index in [1.54, 1.807) is 0 Å². The lowest BCUT2D eigenvalue weighted by atomic mass is 9.74.